The Bertz CT molecular complexity index is 514. The lowest BCUT2D eigenvalue weighted by Gasteiger charge is -2.07. The molecule has 3 nitrogen and oxygen atoms in total. The number of rotatable bonds is 3. The van der Waals surface area contributed by atoms with Crippen LogP contribution in [0.5, 0.6) is 0 Å². The maximum absolute atomic E-state index is 6.18. The molecule has 0 spiro atoms. The van der Waals surface area contributed by atoms with Crippen molar-refractivity contribution >= 4 is 17.3 Å². The van der Waals surface area contributed by atoms with Crippen molar-refractivity contribution in [3.05, 3.63) is 46.2 Å². The largest absolute Gasteiger partial charge is 0.379 e. The number of hydrogen-bond acceptors (Lipinski definition) is 2. The van der Waals surface area contributed by atoms with Crippen molar-refractivity contribution in [1.82, 2.24) is 9.78 Å². The second kappa shape index (κ2) is 4.80. The normalized spacial score (nSPS) is 10.6. The fraction of sp³-hybridized carbons (Fsp3) is 0.308. The van der Waals surface area contributed by atoms with Gasteiger partial charge in [0.2, 0.25) is 0 Å². The third-order valence-electron chi connectivity index (χ3n) is 2.77. The van der Waals surface area contributed by atoms with Gasteiger partial charge in [-0.2, -0.15) is 5.10 Å². The van der Waals surface area contributed by atoms with E-state index in [4.69, 9.17) is 11.6 Å². The van der Waals surface area contributed by atoms with Crippen LogP contribution in [0.3, 0.4) is 0 Å². The van der Waals surface area contributed by atoms with E-state index in [1.807, 2.05) is 18.7 Å². The highest BCUT2D eigenvalue weighted by Crippen LogP contribution is 2.20. The van der Waals surface area contributed by atoms with Gasteiger partial charge in [-0.15, -0.1) is 0 Å². The van der Waals surface area contributed by atoms with E-state index in [2.05, 4.69) is 41.6 Å². The van der Waals surface area contributed by atoms with Gasteiger partial charge >= 0.3 is 0 Å². The van der Waals surface area contributed by atoms with E-state index in [-0.39, 0.29) is 0 Å². The third-order valence-corrected chi connectivity index (χ3v) is 3.26. The van der Waals surface area contributed by atoms with Gasteiger partial charge in [-0.1, -0.05) is 29.3 Å². The summed E-state index contributed by atoms with van der Waals surface area (Å²) < 4.78 is 1.82. The standard InChI is InChI=1S/C13H16ClN3/c1-9-4-6-11(7-5-9)15-8-12-13(14)10(2)16-17(12)3/h4-7,15H,8H2,1-3H3. The quantitative estimate of drug-likeness (QED) is 0.905. The Morgan fingerprint density at radius 2 is 1.88 bits per heavy atom. The highest BCUT2D eigenvalue weighted by molar-refractivity contribution is 6.31. The van der Waals surface area contributed by atoms with Crippen LogP contribution in [0.25, 0.3) is 0 Å². The number of anilines is 1. The summed E-state index contributed by atoms with van der Waals surface area (Å²) in [4.78, 5) is 0. The van der Waals surface area contributed by atoms with Gasteiger partial charge in [0, 0.05) is 12.7 Å². The molecule has 0 atom stereocenters. The van der Waals surface area contributed by atoms with Crippen molar-refractivity contribution in [3.63, 3.8) is 0 Å². The summed E-state index contributed by atoms with van der Waals surface area (Å²) in [7, 11) is 1.91. The minimum atomic E-state index is 0.680. The van der Waals surface area contributed by atoms with Crippen LogP contribution in [0, 0.1) is 13.8 Å². The Kier molecular flexibility index (Phi) is 3.38. The number of aryl methyl sites for hydroxylation is 3. The van der Waals surface area contributed by atoms with Crippen LogP contribution in [0.2, 0.25) is 5.02 Å². The first-order valence-electron chi connectivity index (χ1n) is 5.56. The van der Waals surface area contributed by atoms with Crippen molar-refractivity contribution in [3.8, 4) is 0 Å². The highest BCUT2D eigenvalue weighted by Gasteiger charge is 2.10. The number of hydrogen-bond donors (Lipinski definition) is 1. The zero-order valence-electron chi connectivity index (χ0n) is 10.3. The van der Waals surface area contributed by atoms with Crippen LogP contribution in [0.1, 0.15) is 17.0 Å². The van der Waals surface area contributed by atoms with Gasteiger partial charge in [-0.3, -0.25) is 4.68 Å². The van der Waals surface area contributed by atoms with Crippen molar-refractivity contribution in [2.24, 2.45) is 7.05 Å². The molecule has 1 aromatic carbocycles. The molecule has 17 heavy (non-hydrogen) atoms. The molecule has 0 aliphatic heterocycles. The average molecular weight is 250 g/mol. The van der Waals surface area contributed by atoms with E-state index in [0.717, 1.165) is 22.1 Å². The lowest BCUT2D eigenvalue weighted by Crippen LogP contribution is -2.05. The smallest absolute Gasteiger partial charge is 0.0865 e. The molecule has 0 unspecified atom stereocenters. The molecule has 0 saturated carbocycles. The van der Waals surface area contributed by atoms with Gasteiger partial charge < -0.3 is 5.32 Å². The molecule has 4 heteroatoms. The molecule has 0 bridgehead atoms. The summed E-state index contributed by atoms with van der Waals surface area (Å²) >= 11 is 6.18. The molecule has 1 heterocycles. The molecule has 0 saturated heterocycles. The Labute approximate surface area is 106 Å². The van der Waals surface area contributed by atoms with E-state index < -0.39 is 0 Å². The van der Waals surface area contributed by atoms with Crippen LogP contribution in [-0.2, 0) is 13.6 Å². The molecule has 0 aliphatic carbocycles. The Balaban J connectivity index is 2.09. The molecule has 0 fully saturated rings. The summed E-state index contributed by atoms with van der Waals surface area (Å²) in [6.07, 6.45) is 0. The maximum atomic E-state index is 6.18. The molecule has 2 aromatic rings. The Morgan fingerprint density at radius 3 is 2.41 bits per heavy atom. The average Bonchev–Trinajstić information content (AvgIpc) is 2.54. The third kappa shape index (κ3) is 2.61. The molecule has 0 amide bonds. The summed E-state index contributed by atoms with van der Waals surface area (Å²) in [6.45, 7) is 4.67. The first kappa shape index (κ1) is 12.0. The van der Waals surface area contributed by atoms with Crippen LogP contribution < -0.4 is 5.32 Å². The predicted octanol–water partition coefficient (Wildman–Crippen LogP) is 3.30. The second-order valence-corrected chi connectivity index (χ2v) is 4.57. The van der Waals surface area contributed by atoms with Crippen LogP contribution in [0.15, 0.2) is 24.3 Å². The minimum Gasteiger partial charge on any atom is -0.379 e. The monoisotopic (exact) mass is 249 g/mol. The minimum absolute atomic E-state index is 0.680. The maximum Gasteiger partial charge on any atom is 0.0865 e. The van der Waals surface area contributed by atoms with E-state index in [9.17, 15) is 0 Å². The van der Waals surface area contributed by atoms with Crippen molar-refractivity contribution in [1.29, 1.82) is 0 Å². The van der Waals surface area contributed by atoms with Crippen LogP contribution >= 0.6 is 11.6 Å². The first-order valence-corrected chi connectivity index (χ1v) is 5.94. The lowest BCUT2D eigenvalue weighted by atomic mass is 10.2. The molecule has 2 rings (SSSR count). The number of benzene rings is 1. The van der Waals surface area contributed by atoms with E-state index in [0.29, 0.717) is 6.54 Å². The molecule has 1 N–H and O–H groups in total. The van der Waals surface area contributed by atoms with E-state index >= 15 is 0 Å². The number of nitrogens with one attached hydrogen (secondary N) is 1. The fourth-order valence-electron chi connectivity index (χ4n) is 1.73. The predicted molar refractivity (Wildman–Crippen MR) is 71.5 cm³/mol. The zero-order chi connectivity index (χ0) is 12.4. The summed E-state index contributed by atoms with van der Waals surface area (Å²) in [5.41, 5.74) is 4.22. The van der Waals surface area contributed by atoms with E-state index in [1.165, 1.54) is 5.56 Å². The summed E-state index contributed by atoms with van der Waals surface area (Å²) in [5, 5.41) is 8.36. The van der Waals surface area contributed by atoms with Gasteiger partial charge in [0.05, 0.1) is 23.0 Å². The zero-order valence-corrected chi connectivity index (χ0v) is 11.0. The van der Waals surface area contributed by atoms with Crippen LogP contribution in [0.4, 0.5) is 5.69 Å². The second-order valence-electron chi connectivity index (χ2n) is 4.19. The SMILES string of the molecule is Cc1ccc(NCc2c(Cl)c(C)nn2C)cc1. The molecular formula is C13H16ClN3. The van der Waals surface area contributed by atoms with Crippen molar-refractivity contribution in [2.75, 3.05) is 5.32 Å². The molecule has 0 aliphatic rings. The van der Waals surface area contributed by atoms with Gasteiger partial charge in [-0.25, -0.2) is 0 Å². The summed E-state index contributed by atoms with van der Waals surface area (Å²) in [6, 6.07) is 8.29. The van der Waals surface area contributed by atoms with Gasteiger partial charge in [0.15, 0.2) is 0 Å². The van der Waals surface area contributed by atoms with Gasteiger partial charge in [-0.05, 0) is 26.0 Å². The Morgan fingerprint density at radius 1 is 1.24 bits per heavy atom. The van der Waals surface area contributed by atoms with Crippen molar-refractivity contribution < 1.29 is 0 Å². The molecule has 1 aromatic heterocycles. The number of nitrogens with zero attached hydrogens (tertiary/aromatic N) is 2. The topological polar surface area (TPSA) is 29.9 Å². The fourth-order valence-corrected chi connectivity index (χ4v) is 1.96. The van der Waals surface area contributed by atoms with E-state index in [1.54, 1.807) is 0 Å². The van der Waals surface area contributed by atoms with Gasteiger partial charge in [0.1, 0.15) is 0 Å². The lowest BCUT2D eigenvalue weighted by molar-refractivity contribution is 0.713. The molecule has 90 valence electrons. The number of aromatic nitrogens is 2. The van der Waals surface area contributed by atoms with Crippen LogP contribution in [-0.4, -0.2) is 9.78 Å². The summed E-state index contributed by atoms with van der Waals surface area (Å²) in [5.74, 6) is 0. The van der Waals surface area contributed by atoms with Crippen molar-refractivity contribution in [2.45, 2.75) is 20.4 Å². The van der Waals surface area contributed by atoms with Gasteiger partial charge in [0.25, 0.3) is 0 Å². The molecular weight excluding hydrogens is 234 g/mol. The Hall–Kier alpha value is -1.48. The number of halogens is 1. The highest BCUT2D eigenvalue weighted by atomic mass is 35.5. The first-order chi connectivity index (χ1) is 8.08. The molecule has 0 radical (unpaired) electrons.